The van der Waals surface area contributed by atoms with Crippen LogP contribution in [0.15, 0.2) is 53.6 Å². The molecule has 0 unspecified atom stereocenters. The maximum Gasteiger partial charge on any atom is 0.289 e. The minimum atomic E-state index is -0.302. The first-order chi connectivity index (χ1) is 12.8. The zero-order chi connectivity index (χ0) is 17.9. The van der Waals surface area contributed by atoms with Crippen LogP contribution in [0.5, 0.6) is 5.75 Å². The Labute approximate surface area is 150 Å². The Morgan fingerprint density at radius 3 is 2.88 bits per heavy atom. The van der Waals surface area contributed by atoms with Crippen LogP contribution < -0.4 is 10.2 Å². The van der Waals surface area contributed by atoms with Gasteiger partial charge in [-0.1, -0.05) is 36.4 Å². The maximum absolute atomic E-state index is 12.5. The molecular formula is C20H18N4O2. The first-order valence-corrected chi connectivity index (χ1v) is 8.40. The van der Waals surface area contributed by atoms with Crippen molar-refractivity contribution < 1.29 is 9.53 Å². The number of aryl methyl sites for hydroxylation is 1. The molecule has 1 aromatic heterocycles. The van der Waals surface area contributed by atoms with Crippen molar-refractivity contribution in [3.05, 3.63) is 70.9 Å². The number of ether oxygens (including phenoxy) is 1. The number of carbonyl (C=O) groups excluding carboxylic acids is 1. The largest absolute Gasteiger partial charge is 0.496 e. The molecular weight excluding hydrogens is 328 g/mol. The molecule has 1 heterocycles. The van der Waals surface area contributed by atoms with E-state index in [4.69, 9.17) is 4.74 Å². The Morgan fingerprint density at radius 2 is 2.00 bits per heavy atom. The number of H-pyrrole nitrogens is 1. The number of amides is 1. The Bertz CT molecular complexity index is 991. The van der Waals surface area contributed by atoms with E-state index in [1.807, 2.05) is 42.5 Å². The van der Waals surface area contributed by atoms with Crippen LogP contribution in [-0.4, -0.2) is 29.4 Å². The maximum atomic E-state index is 12.5. The smallest absolute Gasteiger partial charge is 0.289 e. The molecule has 130 valence electrons. The van der Waals surface area contributed by atoms with Gasteiger partial charge in [0.15, 0.2) is 0 Å². The van der Waals surface area contributed by atoms with E-state index in [1.165, 1.54) is 5.56 Å². The molecule has 6 nitrogen and oxygen atoms in total. The summed E-state index contributed by atoms with van der Waals surface area (Å²) in [6.07, 6.45) is 3.24. The Balaban J connectivity index is 1.54. The monoisotopic (exact) mass is 346 g/mol. The van der Waals surface area contributed by atoms with Crippen molar-refractivity contribution >= 4 is 12.1 Å². The van der Waals surface area contributed by atoms with Crippen molar-refractivity contribution in [2.75, 3.05) is 7.11 Å². The molecule has 6 heteroatoms. The van der Waals surface area contributed by atoms with Crippen molar-refractivity contribution in [3.8, 4) is 17.0 Å². The van der Waals surface area contributed by atoms with Crippen LogP contribution >= 0.6 is 0 Å². The molecule has 1 amide bonds. The van der Waals surface area contributed by atoms with E-state index in [1.54, 1.807) is 13.3 Å². The number of methoxy groups -OCH3 is 1. The quantitative estimate of drug-likeness (QED) is 0.563. The second-order valence-electron chi connectivity index (χ2n) is 6.02. The van der Waals surface area contributed by atoms with E-state index < -0.39 is 0 Å². The number of para-hydroxylation sites is 1. The van der Waals surface area contributed by atoms with Gasteiger partial charge in [0.05, 0.1) is 19.0 Å². The number of fused-ring (bicyclic) bond motifs is 3. The van der Waals surface area contributed by atoms with Gasteiger partial charge in [-0.05, 0) is 30.5 Å². The Hall–Kier alpha value is -3.41. The highest BCUT2D eigenvalue weighted by Crippen LogP contribution is 2.33. The summed E-state index contributed by atoms with van der Waals surface area (Å²) in [5.74, 6) is 0.394. The summed E-state index contributed by atoms with van der Waals surface area (Å²) in [6, 6.07) is 15.6. The van der Waals surface area contributed by atoms with Gasteiger partial charge in [-0.3, -0.25) is 9.89 Å². The Morgan fingerprint density at radius 1 is 1.19 bits per heavy atom. The predicted octanol–water partition coefficient (Wildman–Crippen LogP) is 2.95. The number of rotatable bonds is 4. The molecule has 0 saturated carbocycles. The van der Waals surface area contributed by atoms with E-state index in [0.29, 0.717) is 11.4 Å². The highest BCUT2D eigenvalue weighted by atomic mass is 16.5. The highest BCUT2D eigenvalue weighted by molar-refractivity contribution is 5.96. The fourth-order valence-corrected chi connectivity index (χ4v) is 3.24. The normalized spacial score (nSPS) is 12.5. The highest BCUT2D eigenvalue weighted by Gasteiger charge is 2.24. The number of aromatic nitrogens is 2. The fourth-order valence-electron chi connectivity index (χ4n) is 3.24. The van der Waals surface area contributed by atoms with Crippen LogP contribution in [0.1, 0.15) is 27.2 Å². The molecule has 1 aliphatic carbocycles. The second kappa shape index (κ2) is 6.84. The van der Waals surface area contributed by atoms with Gasteiger partial charge < -0.3 is 4.74 Å². The zero-order valence-electron chi connectivity index (χ0n) is 14.3. The van der Waals surface area contributed by atoms with Gasteiger partial charge in [0.1, 0.15) is 11.4 Å². The lowest BCUT2D eigenvalue weighted by Crippen LogP contribution is -2.20. The zero-order valence-corrected chi connectivity index (χ0v) is 14.3. The van der Waals surface area contributed by atoms with Crippen molar-refractivity contribution in [1.29, 1.82) is 0 Å². The third kappa shape index (κ3) is 2.86. The van der Waals surface area contributed by atoms with Gasteiger partial charge in [0.2, 0.25) is 0 Å². The average molecular weight is 346 g/mol. The van der Waals surface area contributed by atoms with E-state index in [0.717, 1.165) is 35.2 Å². The van der Waals surface area contributed by atoms with Crippen LogP contribution in [0.4, 0.5) is 0 Å². The number of nitrogens with one attached hydrogen (secondary N) is 2. The number of hydrogen-bond acceptors (Lipinski definition) is 4. The first kappa shape index (κ1) is 16.1. The summed E-state index contributed by atoms with van der Waals surface area (Å²) < 4.78 is 5.26. The standard InChI is InChI=1S/C20H18N4O2/c1-26-17-9-5-3-7-14(17)12-21-24-20(25)19-16-11-10-13-6-2-4-8-15(13)18(16)22-23-19/h2-9,12H,10-11H2,1H3,(H,22,23)(H,24,25)/b21-12+. The third-order valence-corrected chi connectivity index (χ3v) is 4.52. The van der Waals surface area contributed by atoms with Crippen LogP contribution in [0.25, 0.3) is 11.3 Å². The fraction of sp³-hybridized carbons (Fsp3) is 0.150. The molecule has 0 atom stereocenters. The Kier molecular flexibility index (Phi) is 4.23. The van der Waals surface area contributed by atoms with Crippen LogP contribution in [-0.2, 0) is 12.8 Å². The lowest BCUT2D eigenvalue weighted by Gasteiger charge is -2.15. The molecule has 0 radical (unpaired) electrons. The number of nitrogens with zero attached hydrogens (tertiary/aromatic N) is 2. The summed E-state index contributed by atoms with van der Waals surface area (Å²) in [4.78, 5) is 12.5. The van der Waals surface area contributed by atoms with Gasteiger partial charge in [0, 0.05) is 16.7 Å². The van der Waals surface area contributed by atoms with Crippen molar-refractivity contribution in [1.82, 2.24) is 15.6 Å². The summed E-state index contributed by atoms with van der Waals surface area (Å²) in [5.41, 5.74) is 7.95. The second-order valence-corrected chi connectivity index (χ2v) is 6.02. The third-order valence-electron chi connectivity index (χ3n) is 4.52. The lowest BCUT2D eigenvalue weighted by atomic mass is 9.89. The summed E-state index contributed by atoms with van der Waals surface area (Å²) in [5, 5.41) is 11.3. The number of hydrogen-bond donors (Lipinski definition) is 2. The molecule has 0 saturated heterocycles. The molecule has 0 fully saturated rings. The molecule has 3 aromatic rings. The SMILES string of the molecule is COc1ccccc1/C=N/NC(=O)c1[nH]nc2c1CCc1ccccc1-2. The summed E-state index contributed by atoms with van der Waals surface area (Å²) >= 11 is 0. The topological polar surface area (TPSA) is 79.4 Å². The molecule has 2 N–H and O–H groups in total. The number of hydrazone groups is 1. The van der Waals surface area contributed by atoms with Crippen LogP contribution in [0.3, 0.4) is 0 Å². The van der Waals surface area contributed by atoms with Crippen LogP contribution in [0, 0.1) is 0 Å². The van der Waals surface area contributed by atoms with Crippen molar-refractivity contribution in [3.63, 3.8) is 0 Å². The van der Waals surface area contributed by atoms with Gasteiger partial charge >= 0.3 is 0 Å². The van der Waals surface area contributed by atoms with E-state index >= 15 is 0 Å². The van der Waals surface area contributed by atoms with Gasteiger partial charge in [0.25, 0.3) is 5.91 Å². The van der Waals surface area contributed by atoms with Crippen LogP contribution in [0.2, 0.25) is 0 Å². The predicted molar refractivity (Wildman–Crippen MR) is 99.5 cm³/mol. The lowest BCUT2D eigenvalue weighted by molar-refractivity contribution is 0.0949. The molecule has 0 spiro atoms. The molecule has 2 aromatic carbocycles. The van der Waals surface area contributed by atoms with Crippen molar-refractivity contribution in [2.24, 2.45) is 5.10 Å². The van der Waals surface area contributed by atoms with Gasteiger partial charge in [-0.2, -0.15) is 10.2 Å². The van der Waals surface area contributed by atoms with Gasteiger partial charge in [-0.15, -0.1) is 0 Å². The molecule has 0 aliphatic heterocycles. The average Bonchev–Trinajstić information content (AvgIpc) is 3.13. The van der Waals surface area contributed by atoms with E-state index in [-0.39, 0.29) is 5.91 Å². The number of carbonyl (C=O) groups is 1. The summed E-state index contributed by atoms with van der Waals surface area (Å²) in [6.45, 7) is 0. The van der Waals surface area contributed by atoms with E-state index in [2.05, 4.69) is 26.8 Å². The summed E-state index contributed by atoms with van der Waals surface area (Å²) in [7, 11) is 1.60. The molecule has 26 heavy (non-hydrogen) atoms. The molecule has 1 aliphatic rings. The minimum absolute atomic E-state index is 0.302. The minimum Gasteiger partial charge on any atom is -0.496 e. The van der Waals surface area contributed by atoms with E-state index in [9.17, 15) is 4.79 Å². The number of aromatic amines is 1. The molecule has 0 bridgehead atoms. The number of benzene rings is 2. The van der Waals surface area contributed by atoms with Crippen molar-refractivity contribution in [2.45, 2.75) is 12.8 Å². The van der Waals surface area contributed by atoms with Gasteiger partial charge in [-0.25, -0.2) is 5.43 Å². The molecule has 4 rings (SSSR count). The first-order valence-electron chi connectivity index (χ1n) is 8.40.